The van der Waals surface area contributed by atoms with Crippen LogP contribution in [0.15, 0.2) is 0 Å². The highest BCUT2D eigenvalue weighted by Crippen LogP contribution is 1.96. The van der Waals surface area contributed by atoms with Gasteiger partial charge in [0.15, 0.2) is 0 Å². The lowest BCUT2D eigenvalue weighted by atomic mass is 10.1. The van der Waals surface area contributed by atoms with Crippen molar-refractivity contribution in [3.8, 4) is 12.3 Å². The molecule has 1 atom stereocenters. The van der Waals surface area contributed by atoms with Gasteiger partial charge in [0.1, 0.15) is 6.10 Å². The minimum absolute atomic E-state index is 0.185. The molecule has 1 nitrogen and oxygen atoms in total. The monoisotopic (exact) mass is 98.1 g/mol. The molecule has 0 unspecified atom stereocenters. The van der Waals surface area contributed by atoms with E-state index >= 15 is 0 Å². The highest BCUT2D eigenvalue weighted by atomic mass is 16.3. The molecule has 0 saturated heterocycles. The van der Waals surface area contributed by atoms with E-state index in [1.807, 2.05) is 13.8 Å². The molecule has 0 heterocycles. The fourth-order valence-corrected chi connectivity index (χ4v) is 0.192. The Morgan fingerprint density at radius 3 is 2.00 bits per heavy atom. The third kappa shape index (κ3) is 2.24. The van der Waals surface area contributed by atoms with Gasteiger partial charge in [-0.25, -0.2) is 0 Å². The van der Waals surface area contributed by atoms with Gasteiger partial charge in [-0.1, -0.05) is 19.8 Å². The zero-order valence-electron chi connectivity index (χ0n) is 4.68. The fourth-order valence-electron chi connectivity index (χ4n) is 0.192. The molecule has 1 N–H and O–H groups in total. The van der Waals surface area contributed by atoms with Gasteiger partial charge < -0.3 is 5.11 Å². The third-order valence-electron chi connectivity index (χ3n) is 0.802. The van der Waals surface area contributed by atoms with Gasteiger partial charge in [-0.15, -0.1) is 6.42 Å². The summed E-state index contributed by atoms with van der Waals surface area (Å²) >= 11 is 0. The molecule has 0 fully saturated rings. The van der Waals surface area contributed by atoms with E-state index in [1.165, 1.54) is 0 Å². The van der Waals surface area contributed by atoms with Crippen LogP contribution in [0.25, 0.3) is 0 Å². The van der Waals surface area contributed by atoms with Crippen LogP contribution in [-0.4, -0.2) is 11.2 Å². The molecule has 0 bridgehead atoms. The second kappa shape index (κ2) is 2.65. The minimum Gasteiger partial charge on any atom is -0.380 e. The van der Waals surface area contributed by atoms with Gasteiger partial charge in [-0.05, 0) is 5.92 Å². The summed E-state index contributed by atoms with van der Waals surface area (Å²) in [5.74, 6) is 2.41. The predicted molar refractivity (Wildman–Crippen MR) is 29.7 cm³/mol. The van der Waals surface area contributed by atoms with E-state index in [9.17, 15) is 0 Å². The molecule has 0 saturated carbocycles. The molecule has 0 amide bonds. The second-order valence-electron chi connectivity index (χ2n) is 1.86. The van der Waals surface area contributed by atoms with Crippen molar-refractivity contribution in [3.63, 3.8) is 0 Å². The zero-order valence-corrected chi connectivity index (χ0v) is 4.68. The Labute approximate surface area is 44.4 Å². The SMILES string of the molecule is C#C[C@H](O)C(C)C. The van der Waals surface area contributed by atoms with Crippen LogP contribution in [0.3, 0.4) is 0 Å². The maximum atomic E-state index is 8.70. The number of rotatable bonds is 1. The lowest BCUT2D eigenvalue weighted by Crippen LogP contribution is -2.10. The van der Waals surface area contributed by atoms with Gasteiger partial charge >= 0.3 is 0 Å². The first-order valence-corrected chi connectivity index (χ1v) is 2.32. The Morgan fingerprint density at radius 2 is 2.00 bits per heavy atom. The average Bonchev–Trinajstić information content (AvgIpc) is 1.65. The van der Waals surface area contributed by atoms with Crippen molar-refractivity contribution < 1.29 is 5.11 Å². The van der Waals surface area contributed by atoms with Crippen molar-refractivity contribution in [2.75, 3.05) is 0 Å². The first kappa shape index (κ1) is 6.52. The van der Waals surface area contributed by atoms with Crippen LogP contribution in [0.5, 0.6) is 0 Å². The molecule has 0 rings (SSSR count). The summed E-state index contributed by atoms with van der Waals surface area (Å²) in [5.41, 5.74) is 0. The molecule has 40 valence electrons. The predicted octanol–water partition coefficient (Wildman–Crippen LogP) is 0.637. The summed E-state index contributed by atoms with van der Waals surface area (Å²) in [6.07, 6.45) is 4.30. The van der Waals surface area contributed by atoms with Crippen molar-refractivity contribution in [2.24, 2.45) is 5.92 Å². The lowest BCUT2D eigenvalue weighted by molar-refractivity contribution is 0.181. The Balaban J connectivity index is 3.40. The summed E-state index contributed by atoms with van der Waals surface area (Å²) in [6, 6.07) is 0. The largest absolute Gasteiger partial charge is 0.380 e. The Morgan fingerprint density at radius 1 is 1.57 bits per heavy atom. The van der Waals surface area contributed by atoms with Gasteiger partial charge in [-0.2, -0.15) is 0 Å². The summed E-state index contributed by atoms with van der Waals surface area (Å²) in [4.78, 5) is 0. The maximum absolute atomic E-state index is 8.70. The quantitative estimate of drug-likeness (QED) is 0.477. The van der Waals surface area contributed by atoms with Crippen molar-refractivity contribution in [3.05, 3.63) is 0 Å². The standard InChI is InChI=1S/C6H10O/c1-4-6(7)5(2)3/h1,5-7H,2-3H3/t6-/m0/s1. The molecule has 0 aromatic heterocycles. The molecule has 7 heavy (non-hydrogen) atoms. The van der Waals surface area contributed by atoms with E-state index in [2.05, 4.69) is 5.92 Å². The lowest BCUT2D eigenvalue weighted by Gasteiger charge is -2.03. The van der Waals surface area contributed by atoms with Gasteiger partial charge in [0.2, 0.25) is 0 Å². The Kier molecular flexibility index (Phi) is 2.47. The number of hydrogen-bond acceptors (Lipinski definition) is 1. The van der Waals surface area contributed by atoms with Crippen molar-refractivity contribution >= 4 is 0 Å². The molecule has 0 radical (unpaired) electrons. The summed E-state index contributed by atoms with van der Waals surface area (Å²) in [5, 5.41) is 8.70. The summed E-state index contributed by atoms with van der Waals surface area (Å²) < 4.78 is 0. The fraction of sp³-hybridized carbons (Fsp3) is 0.667. The molecular weight excluding hydrogens is 88.1 g/mol. The molecule has 0 aliphatic rings. The number of terminal acetylenes is 1. The number of hydrogen-bond donors (Lipinski definition) is 1. The van der Waals surface area contributed by atoms with Crippen molar-refractivity contribution in [1.29, 1.82) is 0 Å². The van der Waals surface area contributed by atoms with Crippen LogP contribution in [-0.2, 0) is 0 Å². The van der Waals surface area contributed by atoms with E-state index in [0.29, 0.717) is 0 Å². The number of aliphatic hydroxyl groups excluding tert-OH is 1. The molecule has 0 spiro atoms. The van der Waals surface area contributed by atoms with Gasteiger partial charge in [0.05, 0.1) is 0 Å². The van der Waals surface area contributed by atoms with Crippen LogP contribution in [0, 0.1) is 18.3 Å². The van der Waals surface area contributed by atoms with E-state index < -0.39 is 6.10 Å². The highest BCUT2D eigenvalue weighted by molar-refractivity contribution is 4.94. The minimum atomic E-state index is -0.569. The topological polar surface area (TPSA) is 20.2 Å². The highest BCUT2D eigenvalue weighted by Gasteiger charge is 2.01. The van der Waals surface area contributed by atoms with E-state index in [1.54, 1.807) is 0 Å². The summed E-state index contributed by atoms with van der Waals surface area (Å²) in [7, 11) is 0. The first-order valence-electron chi connectivity index (χ1n) is 2.32. The maximum Gasteiger partial charge on any atom is 0.116 e. The molecular formula is C6H10O. The van der Waals surface area contributed by atoms with Crippen LogP contribution in [0.2, 0.25) is 0 Å². The van der Waals surface area contributed by atoms with E-state index in [4.69, 9.17) is 11.5 Å². The molecule has 0 aliphatic carbocycles. The molecule has 0 aromatic rings. The van der Waals surface area contributed by atoms with Crippen LogP contribution < -0.4 is 0 Å². The average molecular weight is 98.1 g/mol. The van der Waals surface area contributed by atoms with Gasteiger partial charge in [-0.3, -0.25) is 0 Å². The Hall–Kier alpha value is -0.480. The second-order valence-corrected chi connectivity index (χ2v) is 1.86. The van der Waals surface area contributed by atoms with E-state index in [0.717, 1.165) is 0 Å². The van der Waals surface area contributed by atoms with Crippen LogP contribution >= 0.6 is 0 Å². The van der Waals surface area contributed by atoms with Crippen molar-refractivity contribution in [1.82, 2.24) is 0 Å². The van der Waals surface area contributed by atoms with Gasteiger partial charge in [0, 0.05) is 0 Å². The molecule has 1 heteroatoms. The van der Waals surface area contributed by atoms with Crippen LogP contribution in [0.1, 0.15) is 13.8 Å². The molecule has 0 aliphatic heterocycles. The normalized spacial score (nSPS) is 13.6. The zero-order chi connectivity index (χ0) is 5.86. The molecule has 0 aromatic carbocycles. The number of aliphatic hydroxyl groups is 1. The van der Waals surface area contributed by atoms with Gasteiger partial charge in [0.25, 0.3) is 0 Å². The van der Waals surface area contributed by atoms with Crippen LogP contribution in [0.4, 0.5) is 0 Å². The first-order chi connectivity index (χ1) is 3.18. The van der Waals surface area contributed by atoms with E-state index in [-0.39, 0.29) is 5.92 Å². The van der Waals surface area contributed by atoms with Crippen molar-refractivity contribution in [2.45, 2.75) is 20.0 Å². The third-order valence-corrected chi connectivity index (χ3v) is 0.802. The Bertz CT molecular complexity index is 78.7. The summed E-state index contributed by atoms with van der Waals surface area (Å²) in [6.45, 7) is 3.76. The smallest absolute Gasteiger partial charge is 0.116 e.